The molecule has 1 amide bonds. The van der Waals surface area contributed by atoms with Crippen LogP contribution in [0.2, 0.25) is 0 Å². The van der Waals surface area contributed by atoms with Gasteiger partial charge in [-0.05, 0) is 18.2 Å². The number of anilines is 2. The number of rotatable bonds is 4. The highest BCUT2D eigenvalue weighted by atomic mass is 16.5. The van der Waals surface area contributed by atoms with E-state index in [4.69, 9.17) is 10.5 Å². The van der Waals surface area contributed by atoms with E-state index < -0.39 is 0 Å². The molecule has 94 valence electrons. The number of nitrogens with one attached hydrogen (secondary N) is 1. The molecule has 0 bridgehead atoms. The van der Waals surface area contributed by atoms with Crippen molar-refractivity contribution in [3.8, 4) is 5.75 Å². The molecule has 0 spiro atoms. The second kappa shape index (κ2) is 5.17. The molecule has 0 aliphatic carbocycles. The highest BCUT2D eigenvalue weighted by Gasteiger charge is 2.06. The van der Waals surface area contributed by atoms with Crippen molar-refractivity contribution in [2.45, 2.75) is 6.54 Å². The smallest absolute Gasteiger partial charge is 0.246 e. The fourth-order valence-corrected chi connectivity index (χ4v) is 1.48. The summed E-state index contributed by atoms with van der Waals surface area (Å²) in [5.41, 5.74) is 6.82. The molecule has 0 radical (unpaired) electrons. The molecule has 2 rings (SSSR count). The van der Waals surface area contributed by atoms with Crippen LogP contribution in [-0.4, -0.2) is 28.0 Å². The molecule has 1 aromatic carbocycles. The zero-order chi connectivity index (χ0) is 13.0. The maximum absolute atomic E-state index is 11.7. The van der Waals surface area contributed by atoms with Crippen molar-refractivity contribution >= 4 is 17.3 Å². The molecule has 7 heteroatoms. The van der Waals surface area contributed by atoms with E-state index >= 15 is 0 Å². The first-order chi connectivity index (χ1) is 8.69. The largest absolute Gasteiger partial charge is 0.495 e. The summed E-state index contributed by atoms with van der Waals surface area (Å²) in [6.07, 6.45) is 3.13. The molecule has 0 aliphatic heterocycles. The predicted octanol–water partition coefficient (Wildman–Crippen LogP) is 0.508. The molecule has 3 N–H and O–H groups in total. The van der Waals surface area contributed by atoms with Crippen LogP contribution in [0, 0.1) is 0 Å². The van der Waals surface area contributed by atoms with Crippen LogP contribution < -0.4 is 15.8 Å². The molecule has 18 heavy (non-hydrogen) atoms. The second-order valence-corrected chi connectivity index (χ2v) is 3.61. The quantitative estimate of drug-likeness (QED) is 0.767. The number of methoxy groups -OCH3 is 1. The van der Waals surface area contributed by atoms with Crippen molar-refractivity contribution in [2.75, 3.05) is 18.2 Å². The number of benzene rings is 1. The van der Waals surface area contributed by atoms with Crippen LogP contribution in [0.4, 0.5) is 11.4 Å². The highest BCUT2D eigenvalue weighted by Crippen LogP contribution is 2.24. The Morgan fingerprint density at radius 2 is 2.39 bits per heavy atom. The Labute approximate surface area is 104 Å². The van der Waals surface area contributed by atoms with Gasteiger partial charge in [0.15, 0.2) is 0 Å². The van der Waals surface area contributed by atoms with Crippen molar-refractivity contribution in [1.29, 1.82) is 0 Å². The first kappa shape index (κ1) is 11.9. The van der Waals surface area contributed by atoms with Crippen molar-refractivity contribution in [3.63, 3.8) is 0 Å². The minimum Gasteiger partial charge on any atom is -0.495 e. The van der Waals surface area contributed by atoms with Crippen LogP contribution >= 0.6 is 0 Å². The minimum atomic E-state index is -0.204. The van der Waals surface area contributed by atoms with E-state index in [9.17, 15) is 4.79 Å². The van der Waals surface area contributed by atoms with Crippen molar-refractivity contribution in [3.05, 3.63) is 30.6 Å². The molecule has 0 aliphatic rings. The number of hydrogen-bond acceptors (Lipinski definition) is 5. The fourth-order valence-electron chi connectivity index (χ4n) is 1.48. The van der Waals surface area contributed by atoms with Gasteiger partial charge in [0.25, 0.3) is 0 Å². The highest BCUT2D eigenvalue weighted by molar-refractivity contribution is 5.91. The maximum Gasteiger partial charge on any atom is 0.246 e. The van der Waals surface area contributed by atoms with Gasteiger partial charge in [0, 0.05) is 11.9 Å². The van der Waals surface area contributed by atoms with E-state index in [0.717, 1.165) is 0 Å². The molecule has 0 unspecified atom stereocenters. The van der Waals surface area contributed by atoms with E-state index in [-0.39, 0.29) is 12.5 Å². The molecule has 2 aromatic rings. The SMILES string of the molecule is COc1ccc(NC(=O)Cn2ccnn2)cc1N. The van der Waals surface area contributed by atoms with Gasteiger partial charge in [0.2, 0.25) is 5.91 Å². The van der Waals surface area contributed by atoms with Crippen LogP contribution in [0.15, 0.2) is 30.6 Å². The number of hydrogen-bond donors (Lipinski definition) is 2. The monoisotopic (exact) mass is 247 g/mol. The van der Waals surface area contributed by atoms with Crippen LogP contribution in [-0.2, 0) is 11.3 Å². The first-order valence-electron chi connectivity index (χ1n) is 5.26. The molecule has 1 aromatic heterocycles. The van der Waals surface area contributed by atoms with Crippen LogP contribution in [0.1, 0.15) is 0 Å². The summed E-state index contributed by atoms with van der Waals surface area (Å²) in [4.78, 5) is 11.7. The Bertz CT molecular complexity index is 538. The van der Waals surface area contributed by atoms with Gasteiger partial charge in [-0.25, -0.2) is 4.68 Å². The van der Waals surface area contributed by atoms with E-state index in [1.165, 1.54) is 18.0 Å². The molecular weight excluding hydrogens is 234 g/mol. The van der Waals surface area contributed by atoms with Crippen molar-refractivity contribution < 1.29 is 9.53 Å². The molecule has 0 saturated heterocycles. The number of ether oxygens (including phenoxy) is 1. The average molecular weight is 247 g/mol. The lowest BCUT2D eigenvalue weighted by atomic mass is 10.2. The zero-order valence-electron chi connectivity index (χ0n) is 9.83. The Morgan fingerprint density at radius 3 is 3.00 bits per heavy atom. The maximum atomic E-state index is 11.7. The van der Waals surface area contributed by atoms with Crippen molar-refractivity contribution in [2.24, 2.45) is 0 Å². The third kappa shape index (κ3) is 2.76. The lowest BCUT2D eigenvalue weighted by Gasteiger charge is -2.08. The van der Waals surface area contributed by atoms with Gasteiger partial charge in [0.1, 0.15) is 12.3 Å². The fraction of sp³-hybridized carbons (Fsp3) is 0.182. The Kier molecular flexibility index (Phi) is 3.42. The van der Waals surface area contributed by atoms with Crippen LogP contribution in [0.25, 0.3) is 0 Å². The molecule has 0 saturated carbocycles. The van der Waals surface area contributed by atoms with E-state index in [1.807, 2.05) is 0 Å². The minimum absolute atomic E-state index is 0.103. The van der Waals surface area contributed by atoms with Gasteiger partial charge < -0.3 is 15.8 Å². The van der Waals surface area contributed by atoms with Gasteiger partial charge in [-0.3, -0.25) is 4.79 Å². The summed E-state index contributed by atoms with van der Waals surface area (Å²) >= 11 is 0. The zero-order valence-corrected chi connectivity index (χ0v) is 9.83. The average Bonchev–Trinajstić information content (AvgIpc) is 2.82. The number of carbonyl (C=O) groups is 1. The standard InChI is InChI=1S/C11H13N5O2/c1-18-10-3-2-8(6-9(10)12)14-11(17)7-16-5-4-13-15-16/h2-6H,7,12H2,1H3,(H,14,17). The third-order valence-electron chi connectivity index (χ3n) is 2.29. The summed E-state index contributed by atoms with van der Waals surface area (Å²) in [5.74, 6) is 0.370. The lowest BCUT2D eigenvalue weighted by molar-refractivity contribution is -0.116. The number of nitrogens with two attached hydrogens (primary N) is 1. The number of carbonyl (C=O) groups excluding carboxylic acids is 1. The Hall–Kier alpha value is -2.57. The molecule has 1 heterocycles. The van der Waals surface area contributed by atoms with Crippen LogP contribution in [0.3, 0.4) is 0 Å². The number of nitrogens with zero attached hydrogens (tertiary/aromatic N) is 3. The van der Waals surface area contributed by atoms with Gasteiger partial charge >= 0.3 is 0 Å². The molecule has 7 nitrogen and oxygen atoms in total. The normalized spacial score (nSPS) is 10.1. The molecule has 0 atom stereocenters. The summed E-state index contributed by atoms with van der Waals surface area (Å²) < 4.78 is 6.46. The van der Waals surface area contributed by atoms with E-state index in [0.29, 0.717) is 17.1 Å². The summed E-state index contributed by atoms with van der Waals surface area (Å²) in [6.45, 7) is 0.103. The van der Waals surface area contributed by atoms with Crippen LogP contribution in [0.5, 0.6) is 5.75 Å². The number of nitrogen functional groups attached to an aromatic ring is 1. The molecule has 0 fully saturated rings. The third-order valence-corrected chi connectivity index (χ3v) is 2.29. The number of aromatic nitrogens is 3. The van der Waals surface area contributed by atoms with Gasteiger partial charge in [-0.1, -0.05) is 5.21 Å². The van der Waals surface area contributed by atoms with Gasteiger partial charge in [0.05, 0.1) is 19.0 Å². The first-order valence-corrected chi connectivity index (χ1v) is 5.26. The van der Waals surface area contributed by atoms with E-state index in [1.54, 1.807) is 24.4 Å². The topological polar surface area (TPSA) is 95.1 Å². The van der Waals surface area contributed by atoms with Gasteiger partial charge in [-0.2, -0.15) is 0 Å². The van der Waals surface area contributed by atoms with Crippen molar-refractivity contribution in [1.82, 2.24) is 15.0 Å². The Balaban J connectivity index is 2.01. The molecular formula is C11H13N5O2. The number of amides is 1. The summed E-state index contributed by atoms with van der Waals surface area (Å²) in [7, 11) is 1.54. The van der Waals surface area contributed by atoms with Gasteiger partial charge in [-0.15, -0.1) is 5.10 Å². The summed E-state index contributed by atoms with van der Waals surface area (Å²) in [6, 6.07) is 5.05. The lowest BCUT2D eigenvalue weighted by Crippen LogP contribution is -2.19. The predicted molar refractivity (Wildman–Crippen MR) is 66.1 cm³/mol. The van der Waals surface area contributed by atoms with E-state index in [2.05, 4.69) is 15.6 Å². The second-order valence-electron chi connectivity index (χ2n) is 3.61. The Morgan fingerprint density at radius 1 is 1.56 bits per heavy atom. The summed E-state index contributed by atoms with van der Waals surface area (Å²) in [5, 5.41) is 10.0.